The van der Waals surface area contributed by atoms with E-state index in [9.17, 15) is 8.42 Å². The third-order valence-corrected chi connectivity index (χ3v) is 7.00. The lowest BCUT2D eigenvalue weighted by atomic mass is 10.1. The van der Waals surface area contributed by atoms with Crippen molar-refractivity contribution in [3.05, 3.63) is 82.1 Å². The maximum absolute atomic E-state index is 12.8. The third-order valence-electron chi connectivity index (χ3n) is 5.02. The fourth-order valence-corrected chi connectivity index (χ4v) is 5.01. The molecular formula is C21H22ClN3O3S. The minimum absolute atomic E-state index is 0.115. The second-order valence-electron chi connectivity index (χ2n) is 7.05. The minimum Gasteiger partial charge on any atom is -0.370 e. The number of aromatic nitrogens is 2. The van der Waals surface area contributed by atoms with E-state index in [-0.39, 0.29) is 11.4 Å². The van der Waals surface area contributed by atoms with Gasteiger partial charge in [-0.3, -0.25) is 4.68 Å². The molecular weight excluding hydrogens is 410 g/mol. The van der Waals surface area contributed by atoms with Crippen molar-refractivity contribution in [2.45, 2.75) is 30.9 Å². The lowest BCUT2D eigenvalue weighted by Gasteiger charge is -2.22. The lowest BCUT2D eigenvalue weighted by Crippen LogP contribution is -2.32. The van der Waals surface area contributed by atoms with Crippen molar-refractivity contribution in [1.82, 2.24) is 14.5 Å². The van der Waals surface area contributed by atoms with E-state index >= 15 is 0 Å². The molecule has 8 heteroatoms. The molecule has 4 rings (SSSR count). The molecule has 1 atom stereocenters. The van der Waals surface area contributed by atoms with Crippen molar-refractivity contribution in [3.8, 4) is 0 Å². The number of fused-ring (bicyclic) bond motifs is 1. The number of hydrogen-bond acceptors (Lipinski definition) is 4. The van der Waals surface area contributed by atoms with Crippen LogP contribution < -0.4 is 4.72 Å². The number of halogens is 1. The van der Waals surface area contributed by atoms with Gasteiger partial charge in [0.15, 0.2) is 0 Å². The summed E-state index contributed by atoms with van der Waals surface area (Å²) in [6.45, 7) is 3.00. The Kier molecular flexibility index (Phi) is 5.74. The van der Waals surface area contributed by atoms with E-state index in [1.165, 1.54) is 0 Å². The minimum atomic E-state index is -3.71. The second kappa shape index (κ2) is 8.28. The number of nitrogens with zero attached hydrogens (tertiary/aromatic N) is 2. The number of rotatable bonds is 6. The van der Waals surface area contributed by atoms with Gasteiger partial charge in [0, 0.05) is 17.8 Å². The predicted octanol–water partition coefficient (Wildman–Crippen LogP) is 3.49. The first-order valence-corrected chi connectivity index (χ1v) is 11.3. The number of ether oxygens (including phenoxy) is 1. The van der Waals surface area contributed by atoms with Gasteiger partial charge in [-0.15, -0.1) is 0 Å². The molecule has 0 unspecified atom stereocenters. The molecule has 0 saturated carbocycles. The Hall–Kier alpha value is -2.19. The van der Waals surface area contributed by atoms with Gasteiger partial charge in [0.1, 0.15) is 6.10 Å². The van der Waals surface area contributed by atoms with Gasteiger partial charge >= 0.3 is 0 Å². The maximum Gasteiger partial charge on any atom is 0.240 e. The second-order valence-corrected chi connectivity index (χ2v) is 9.19. The van der Waals surface area contributed by atoms with Crippen LogP contribution in [0.3, 0.4) is 0 Å². The standard InChI is InChI=1S/C21H22ClN3O3S/c1-15-18(22)8-5-9-20(15)29(26,27)23-12-19-21-17(10-11-28-19)14-25(24-21)13-16-6-3-2-4-7-16/h2-9,14,19,23H,10-13H2,1H3/t19-/m1/s1. The van der Waals surface area contributed by atoms with E-state index in [1.54, 1.807) is 25.1 Å². The molecule has 2 aromatic carbocycles. The van der Waals surface area contributed by atoms with Crippen LogP contribution >= 0.6 is 11.6 Å². The van der Waals surface area contributed by atoms with Crippen LogP contribution in [0.4, 0.5) is 0 Å². The Morgan fingerprint density at radius 1 is 1.21 bits per heavy atom. The monoisotopic (exact) mass is 431 g/mol. The molecule has 0 amide bonds. The fourth-order valence-electron chi connectivity index (χ4n) is 3.48. The van der Waals surface area contributed by atoms with Gasteiger partial charge in [-0.05, 0) is 42.2 Å². The molecule has 0 saturated heterocycles. The van der Waals surface area contributed by atoms with Crippen LogP contribution in [0.25, 0.3) is 0 Å². The molecule has 1 aliphatic heterocycles. The highest BCUT2D eigenvalue weighted by Crippen LogP contribution is 2.27. The van der Waals surface area contributed by atoms with Crippen molar-refractivity contribution in [2.75, 3.05) is 13.2 Å². The molecule has 6 nitrogen and oxygen atoms in total. The van der Waals surface area contributed by atoms with E-state index in [0.29, 0.717) is 23.7 Å². The van der Waals surface area contributed by atoms with Crippen molar-refractivity contribution < 1.29 is 13.2 Å². The first-order chi connectivity index (χ1) is 13.9. The fraction of sp³-hybridized carbons (Fsp3) is 0.286. The molecule has 0 bridgehead atoms. The zero-order chi connectivity index (χ0) is 20.4. The van der Waals surface area contributed by atoms with E-state index < -0.39 is 16.1 Å². The Labute approximate surface area is 175 Å². The molecule has 1 aliphatic rings. The first kappa shape index (κ1) is 20.1. The summed E-state index contributed by atoms with van der Waals surface area (Å²) in [5, 5.41) is 5.09. The van der Waals surface area contributed by atoms with Gasteiger partial charge in [0.05, 0.1) is 23.7 Å². The van der Waals surface area contributed by atoms with Crippen LogP contribution in [-0.2, 0) is 27.7 Å². The zero-order valence-electron chi connectivity index (χ0n) is 16.0. The molecule has 2 heterocycles. The Bertz CT molecular complexity index is 1110. The van der Waals surface area contributed by atoms with Crippen LogP contribution in [0.5, 0.6) is 0 Å². The van der Waals surface area contributed by atoms with Crippen molar-refractivity contribution in [2.24, 2.45) is 0 Å². The summed E-state index contributed by atoms with van der Waals surface area (Å²) in [7, 11) is -3.71. The molecule has 152 valence electrons. The van der Waals surface area contributed by atoms with E-state index in [2.05, 4.69) is 22.0 Å². The quantitative estimate of drug-likeness (QED) is 0.648. The van der Waals surface area contributed by atoms with Crippen LogP contribution in [0.15, 0.2) is 59.6 Å². The van der Waals surface area contributed by atoms with Crippen molar-refractivity contribution in [3.63, 3.8) is 0 Å². The summed E-state index contributed by atoms with van der Waals surface area (Å²) in [5.74, 6) is 0. The highest BCUT2D eigenvalue weighted by Gasteiger charge is 2.27. The number of sulfonamides is 1. The van der Waals surface area contributed by atoms with Crippen LogP contribution in [-0.4, -0.2) is 31.3 Å². The summed E-state index contributed by atoms with van der Waals surface area (Å²) in [6, 6.07) is 14.9. The van der Waals surface area contributed by atoms with Crippen LogP contribution in [0.1, 0.15) is 28.5 Å². The summed E-state index contributed by atoms with van der Waals surface area (Å²) in [5.41, 5.74) is 3.56. The van der Waals surface area contributed by atoms with Crippen molar-refractivity contribution in [1.29, 1.82) is 0 Å². The average Bonchev–Trinajstić information content (AvgIpc) is 3.12. The van der Waals surface area contributed by atoms with E-state index in [4.69, 9.17) is 16.3 Å². The van der Waals surface area contributed by atoms with Gasteiger partial charge in [0.2, 0.25) is 10.0 Å². The number of hydrogen-bond donors (Lipinski definition) is 1. The van der Waals surface area contributed by atoms with Gasteiger partial charge < -0.3 is 4.74 Å². The number of benzene rings is 2. The van der Waals surface area contributed by atoms with Gasteiger partial charge in [-0.2, -0.15) is 5.10 Å². The summed E-state index contributed by atoms with van der Waals surface area (Å²) in [6.07, 6.45) is 2.36. The van der Waals surface area contributed by atoms with Crippen LogP contribution in [0, 0.1) is 6.92 Å². The molecule has 0 spiro atoms. The first-order valence-electron chi connectivity index (χ1n) is 9.40. The molecule has 29 heavy (non-hydrogen) atoms. The third kappa shape index (κ3) is 4.38. The molecule has 0 radical (unpaired) electrons. The molecule has 1 N–H and O–H groups in total. The van der Waals surface area contributed by atoms with Gasteiger partial charge in [-0.1, -0.05) is 48.0 Å². The average molecular weight is 432 g/mol. The van der Waals surface area contributed by atoms with E-state index in [1.807, 2.05) is 29.1 Å². The largest absolute Gasteiger partial charge is 0.370 e. The van der Waals surface area contributed by atoms with Crippen molar-refractivity contribution >= 4 is 21.6 Å². The summed E-state index contributed by atoms with van der Waals surface area (Å²) >= 11 is 6.08. The highest BCUT2D eigenvalue weighted by molar-refractivity contribution is 7.89. The molecule has 3 aromatic rings. The summed E-state index contributed by atoms with van der Waals surface area (Å²) in [4.78, 5) is 0.177. The zero-order valence-corrected chi connectivity index (χ0v) is 17.6. The Morgan fingerprint density at radius 2 is 2.00 bits per heavy atom. The topological polar surface area (TPSA) is 73.2 Å². The smallest absolute Gasteiger partial charge is 0.240 e. The normalized spacial score (nSPS) is 16.6. The molecule has 1 aromatic heterocycles. The van der Waals surface area contributed by atoms with E-state index in [0.717, 1.165) is 23.2 Å². The highest BCUT2D eigenvalue weighted by atomic mass is 35.5. The number of nitrogens with one attached hydrogen (secondary N) is 1. The van der Waals surface area contributed by atoms with Gasteiger partial charge in [0.25, 0.3) is 0 Å². The van der Waals surface area contributed by atoms with Crippen LogP contribution in [0.2, 0.25) is 5.02 Å². The van der Waals surface area contributed by atoms with Gasteiger partial charge in [-0.25, -0.2) is 13.1 Å². The maximum atomic E-state index is 12.8. The Balaban J connectivity index is 1.50. The summed E-state index contributed by atoms with van der Waals surface area (Å²) < 4.78 is 35.9. The predicted molar refractivity (Wildman–Crippen MR) is 112 cm³/mol. The molecule has 0 aliphatic carbocycles. The molecule has 0 fully saturated rings. The Morgan fingerprint density at radius 3 is 2.79 bits per heavy atom. The SMILES string of the molecule is Cc1c(Cl)cccc1S(=O)(=O)NC[C@H]1OCCc2cn(Cc3ccccc3)nc21. The lowest BCUT2D eigenvalue weighted by molar-refractivity contribution is 0.0430.